The molecule has 3 rings (SSSR count). The number of aromatic nitrogens is 1. The van der Waals surface area contributed by atoms with Gasteiger partial charge < -0.3 is 9.64 Å². The Kier molecular flexibility index (Phi) is 3.44. The highest BCUT2D eigenvalue weighted by molar-refractivity contribution is 7.17. The number of ketones is 1. The number of anilines is 1. The van der Waals surface area contributed by atoms with Crippen LogP contribution in [0.5, 0.6) is 5.75 Å². The lowest BCUT2D eigenvalue weighted by molar-refractivity contribution is 0.102. The van der Waals surface area contributed by atoms with Crippen LogP contribution in [-0.2, 0) is 6.54 Å². The van der Waals surface area contributed by atoms with E-state index in [2.05, 4.69) is 16.0 Å². The third-order valence-corrected chi connectivity index (χ3v) is 4.65. The molecule has 0 atom stereocenters. The second-order valence-electron chi connectivity index (χ2n) is 4.84. The van der Waals surface area contributed by atoms with E-state index in [1.807, 2.05) is 25.1 Å². The Balaban J connectivity index is 1.91. The van der Waals surface area contributed by atoms with Gasteiger partial charge in [0.2, 0.25) is 0 Å². The van der Waals surface area contributed by atoms with Crippen LogP contribution in [0.4, 0.5) is 5.13 Å². The molecule has 0 aliphatic carbocycles. The average molecular weight is 288 g/mol. The fourth-order valence-corrected chi connectivity index (χ4v) is 3.32. The first-order valence-corrected chi connectivity index (χ1v) is 7.41. The van der Waals surface area contributed by atoms with Crippen LogP contribution in [0.25, 0.3) is 0 Å². The van der Waals surface area contributed by atoms with Gasteiger partial charge in [-0.3, -0.25) is 4.79 Å². The molecule has 1 aromatic heterocycles. The quantitative estimate of drug-likeness (QED) is 0.797. The Morgan fingerprint density at radius 3 is 2.95 bits per heavy atom. The number of carbonyl (C=O) groups is 1. The number of ether oxygens (including phenoxy) is 1. The summed E-state index contributed by atoms with van der Waals surface area (Å²) in [6, 6.07) is 8.06. The minimum absolute atomic E-state index is 0.0812. The van der Waals surface area contributed by atoms with Crippen LogP contribution >= 0.6 is 11.3 Å². The molecule has 0 saturated heterocycles. The molecule has 0 bridgehead atoms. The smallest absolute Gasteiger partial charge is 0.186 e. The van der Waals surface area contributed by atoms with E-state index >= 15 is 0 Å². The molecule has 0 saturated carbocycles. The molecule has 104 valence electrons. The van der Waals surface area contributed by atoms with Crippen molar-refractivity contribution < 1.29 is 9.53 Å². The highest BCUT2D eigenvalue weighted by atomic mass is 32.1. The number of Topliss-reactive ketones (excluding diaryl/α,β-unsaturated/α-hetero) is 1. The lowest BCUT2D eigenvalue weighted by Crippen LogP contribution is -2.25. The number of nitrogens with zero attached hydrogens (tertiary/aromatic N) is 2. The molecule has 20 heavy (non-hydrogen) atoms. The summed E-state index contributed by atoms with van der Waals surface area (Å²) in [5, 5.41) is 0.896. The second-order valence-corrected chi connectivity index (χ2v) is 5.82. The SMILES string of the molecule is CC(=O)c1sc(N2CCOc3ccccc3C2)nc1C. The molecule has 1 aliphatic heterocycles. The molecule has 0 amide bonds. The lowest BCUT2D eigenvalue weighted by Gasteiger charge is -2.18. The minimum Gasteiger partial charge on any atom is -0.491 e. The summed E-state index contributed by atoms with van der Waals surface area (Å²) < 4.78 is 5.75. The number of fused-ring (bicyclic) bond motifs is 1. The zero-order chi connectivity index (χ0) is 14.1. The molecule has 2 aromatic rings. The van der Waals surface area contributed by atoms with Gasteiger partial charge in [-0.25, -0.2) is 4.98 Å². The van der Waals surface area contributed by atoms with Crippen molar-refractivity contribution in [2.24, 2.45) is 0 Å². The average Bonchev–Trinajstić information content (AvgIpc) is 2.69. The molecular weight excluding hydrogens is 272 g/mol. The van der Waals surface area contributed by atoms with E-state index in [4.69, 9.17) is 4.74 Å². The Morgan fingerprint density at radius 2 is 2.20 bits per heavy atom. The molecular formula is C15H16N2O2S. The monoisotopic (exact) mass is 288 g/mol. The lowest BCUT2D eigenvalue weighted by atomic mass is 10.2. The van der Waals surface area contributed by atoms with E-state index in [1.54, 1.807) is 6.92 Å². The van der Waals surface area contributed by atoms with Crippen molar-refractivity contribution in [2.45, 2.75) is 20.4 Å². The number of para-hydroxylation sites is 1. The zero-order valence-electron chi connectivity index (χ0n) is 11.5. The second kappa shape index (κ2) is 5.25. The first-order valence-electron chi connectivity index (χ1n) is 6.59. The maximum Gasteiger partial charge on any atom is 0.186 e. The van der Waals surface area contributed by atoms with E-state index in [0.717, 1.165) is 40.1 Å². The van der Waals surface area contributed by atoms with Crippen LogP contribution in [0.2, 0.25) is 0 Å². The molecule has 0 N–H and O–H groups in total. The number of carbonyl (C=O) groups excluding carboxylic acids is 1. The fourth-order valence-electron chi connectivity index (χ4n) is 2.33. The Bertz CT molecular complexity index is 651. The van der Waals surface area contributed by atoms with E-state index in [0.29, 0.717) is 6.61 Å². The molecule has 5 heteroatoms. The Labute approximate surface area is 122 Å². The molecule has 1 aromatic carbocycles. The van der Waals surface area contributed by atoms with Crippen LogP contribution < -0.4 is 9.64 Å². The number of rotatable bonds is 2. The number of benzene rings is 1. The predicted octanol–water partition coefficient (Wildman–Crippen LogP) is 3.05. The van der Waals surface area contributed by atoms with Gasteiger partial charge in [0.1, 0.15) is 12.4 Å². The maximum atomic E-state index is 11.6. The van der Waals surface area contributed by atoms with E-state index in [1.165, 1.54) is 11.3 Å². The van der Waals surface area contributed by atoms with Crippen molar-refractivity contribution in [1.29, 1.82) is 0 Å². The van der Waals surface area contributed by atoms with E-state index < -0.39 is 0 Å². The van der Waals surface area contributed by atoms with Crippen LogP contribution in [0.1, 0.15) is 27.9 Å². The summed E-state index contributed by atoms with van der Waals surface area (Å²) in [5.41, 5.74) is 1.97. The zero-order valence-corrected chi connectivity index (χ0v) is 12.4. The number of hydrogen-bond donors (Lipinski definition) is 0. The third-order valence-electron chi connectivity index (χ3n) is 3.33. The molecule has 2 heterocycles. The maximum absolute atomic E-state index is 11.6. The van der Waals surface area contributed by atoms with Gasteiger partial charge in [0.15, 0.2) is 10.9 Å². The van der Waals surface area contributed by atoms with Crippen molar-refractivity contribution in [2.75, 3.05) is 18.1 Å². The highest BCUT2D eigenvalue weighted by Gasteiger charge is 2.20. The number of hydrogen-bond acceptors (Lipinski definition) is 5. The van der Waals surface area contributed by atoms with E-state index in [-0.39, 0.29) is 5.78 Å². The van der Waals surface area contributed by atoms with Gasteiger partial charge in [0.05, 0.1) is 17.1 Å². The summed E-state index contributed by atoms with van der Waals surface area (Å²) in [6.45, 7) is 5.65. The molecule has 4 nitrogen and oxygen atoms in total. The van der Waals surface area contributed by atoms with Gasteiger partial charge >= 0.3 is 0 Å². The summed E-state index contributed by atoms with van der Waals surface area (Å²) >= 11 is 1.47. The molecule has 1 aliphatic rings. The molecule has 0 fully saturated rings. The number of thiazole rings is 1. The standard InChI is InChI=1S/C15H16N2O2S/c1-10-14(11(2)18)20-15(16-10)17-7-8-19-13-6-4-3-5-12(13)9-17/h3-6H,7-9H2,1-2H3. The molecule has 0 unspecified atom stereocenters. The largest absolute Gasteiger partial charge is 0.491 e. The van der Waals surface area contributed by atoms with Crippen molar-refractivity contribution in [3.05, 3.63) is 40.4 Å². The van der Waals surface area contributed by atoms with Gasteiger partial charge in [0, 0.05) is 19.0 Å². The molecule has 0 radical (unpaired) electrons. The van der Waals surface area contributed by atoms with Crippen molar-refractivity contribution in [3.63, 3.8) is 0 Å². The summed E-state index contributed by atoms with van der Waals surface area (Å²) in [5.74, 6) is 1.02. The molecule has 0 spiro atoms. The van der Waals surface area contributed by atoms with Gasteiger partial charge in [-0.05, 0) is 13.0 Å². The minimum atomic E-state index is 0.0812. The first kappa shape index (κ1) is 13.1. The Morgan fingerprint density at radius 1 is 1.40 bits per heavy atom. The topological polar surface area (TPSA) is 42.4 Å². The Hall–Kier alpha value is -1.88. The van der Waals surface area contributed by atoms with Crippen LogP contribution in [-0.4, -0.2) is 23.9 Å². The summed E-state index contributed by atoms with van der Waals surface area (Å²) in [7, 11) is 0. The normalized spacial score (nSPS) is 14.4. The van der Waals surface area contributed by atoms with Crippen LogP contribution in [0, 0.1) is 6.92 Å². The van der Waals surface area contributed by atoms with Crippen LogP contribution in [0.3, 0.4) is 0 Å². The van der Waals surface area contributed by atoms with Gasteiger partial charge in [0.25, 0.3) is 0 Å². The summed E-state index contributed by atoms with van der Waals surface area (Å²) in [4.78, 5) is 19.0. The van der Waals surface area contributed by atoms with Crippen LogP contribution in [0.15, 0.2) is 24.3 Å². The summed E-state index contributed by atoms with van der Waals surface area (Å²) in [6.07, 6.45) is 0. The highest BCUT2D eigenvalue weighted by Crippen LogP contribution is 2.30. The van der Waals surface area contributed by atoms with Crippen molar-refractivity contribution >= 4 is 22.3 Å². The first-order chi connectivity index (χ1) is 9.65. The fraction of sp³-hybridized carbons (Fsp3) is 0.333. The van der Waals surface area contributed by atoms with Gasteiger partial charge in [-0.1, -0.05) is 29.5 Å². The van der Waals surface area contributed by atoms with Gasteiger partial charge in [-0.2, -0.15) is 0 Å². The third kappa shape index (κ3) is 2.41. The predicted molar refractivity (Wildman–Crippen MR) is 79.8 cm³/mol. The van der Waals surface area contributed by atoms with Crippen molar-refractivity contribution in [1.82, 2.24) is 4.98 Å². The van der Waals surface area contributed by atoms with Gasteiger partial charge in [-0.15, -0.1) is 0 Å². The van der Waals surface area contributed by atoms with Crippen molar-refractivity contribution in [3.8, 4) is 5.75 Å². The number of aryl methyl sites for hydroxylation is 1. The van der Waals surface area contributed by atoms with E-state index in [9.17, 15) is 4.79 Å².